The van der Waals surface area contributed by atoms with Crippen LogP contribution in [0.15, 0.2) is 24.3 Å². The van der Waals surface area contributed by atoms with Gasteiger partial charge in [0.2, 0.25) is 10.0 Å². The minimum atomic E-state index is -3.18. The molecule has 1 amide bonds. The van der Waals surface area contributed by atoms with Crippen molar-refractivity contribution in [1.82, 2.24) is 9.21 Å². The van der Waals surface area contributed by atoms with Gasteiger partial charge in [-0.3, -0.25) is 4.79 Å². The molecule has 19 heavy (non-hydrogen) atoms. The van der Waals surface area contributed by atoms with E-state index in [1.165, 1.54) is 10.6 Å². The first-order valence-electron chi connectivity index (χ1n) is 5.98. The second kappa shape index (κ2) is 5.18. The summed E-state index contributed by atoms with van der Waals surface area (Å²) in [5, 5.41) is 0. The molecule has 0 radical (unpaired) electrons. The van der Waals surface area contributed by atoms with Crippen LogP contribution in [0.25, 0.3) is 0 Å². The van der Waals surface area contributed by atoms with E-state index < -0.39 is 10.0 Å². The van der Waals surface area contributed by atoms with E-state index in [1.807, 2.05) is 0 Å². The summed E-state index contributed by atoms with van der Waals surface area (Å²) < 4.78 is 24.2. The number of hydrogen-bond acceptors (Lipinski definition) is 4. The Morgan fingerprint density at radius 1 is 1.16 bits per heavy atom. The lowest BCUT2D eigenvalue weighted by molar-refractivity contribution is 0.0699. The van der Waals surface area contributed by atoms with Crippen molar-refractivity contribution < 1.29 is 13.2 Å². The lowest BCUT2D eigenvalue weighted by Gasteiger charge is -2.33. The Morgan fingerprint density at radius 2 is 1.74 bits per heavy atom. The number of carbonyl (C=O) groups excluding carboxylic acids is 1. The molecule has 1 aromatic carbocycles. The fourth-order valence-electron chi connectivity index (χ4n) is 2.08. The van der Waals surface area contributed by atoms with Crippen molar-refractivity contribution in [1.29, 1.82) is 0 Å². The molecule has 2 N–H and O–H groups in total. The van der Waals surface area contributed by atoms with Gasteiger partial charge < -0.3 is 10.6 Å². The number of nitrogen functional groups attached to an aromatic ring is 1. The predicted octanol–water partition coefficient (Wildman–Crippen LogP) is -0.0138. The molecule has 6 nitrogen and oxygen atoms in total. The normalized spacial score (nSPS) is 17.4. The molecule has 0 spiro atoms. The molecule has 1 aliphatic rings. The largest absolute Gasteiger partial charge is 0.398 e. The molecule has 7 heteroatoms. The summed E-state index contributed by atoms with van der Waals surface area (Å²) >= 11 is 0. The van der Waals surface area contributed by atoms with Gasteiger partial charge in [-0.25, -0.2) is 8.42 Å². The summed E-state index contributed by atoms with van der Waals surface area (Å²) in [6.45, 7) is 1.44. The summed E-state index contributed by atoms with van der Waals surface area (Å²) in [7, 11) is -3.18. The zero-order valence-electron chi connectivity index (χ0n) is 10.7. The van der Waals surface area contributed by atoms with Crippen LogP contribution < -0.4 is 5.73 Å². The zero-order valence-corrected chi connectivity index (χ0v) is 11.6. The van der Waals surface area contributed by atoms with Crippen LogP contribution in [0, 0.1) is 0 Å². The Hall–Kier alpha value is -1.60. The average Bonchev–Trinajstić information content (AvgIpc) is 2.38. The lowest BCUT2D eigenvalue weighted by atomic mass is 10.1. The number of nitrogens with two attached hydrogens (primary N) is 1. The highest BCUT2D eigenvalue weighted by molar-refractivity contribution is 7.88. The molecule has 0 aliphatic carbocycles. The van der Waals surface area contributed by atoms with Crippen molar-refractivity contribution in [3.63, 3.8) is 0 Å². The molecule has 0 aromatic heterocycles. The number of rotatable bonds is 2. The highest BCUT2D eigenvalue weighted by atomic mass is 32.2. The second-order valence-corrected chi connectivity index (χ2v) is 6.52. The Morgan fingerprint density at radius 3 is 2.26 bits per heavy atom. The zero-order chi connectivity index (χ0) is 14.0. The van der Waals surface area contributed by atoms with Crippen LogP contribution in [-0.2, 0) is 10.0 Å². The van der Waals surface area contributed by atoms with Gasteiger partial charge in [-0.2, -0.15) is 4.31 Å². The molecule has 0 atom stereocenters. The third-order valence-corrected chi connectivity index (χ3v) is 4.49. The van der Waals surface area contributed by atoms with Gasteiger partial charge in [0, 0.05) is 31.9 Å². The van der Waals surface area contributed by atoms with E-state index in [1.54, 1.807) is 29.2 Å². The third kappa shape index (κ3) is 3.05. The molecule has 0 saturated carbocycles. The van der Waals surface area contributed by atoms with Gasteiger partial charge in [-0.1, -0.05) is 12.1 Å². The van der Waals surface area contributed by atoms with Gasteiger partial charge in [-0.05, 0) is 12.1 Å². The number of carbonyl (C=O) groups is 1. The smallest absolute Gasteiger partial charge is 0.256 e. The van der Waals surface area contributed by atoms with Gasteiger partial charge >= 0.3 is 0 Å². The van der Waals surface area contributed by atoms with E-state index in [-0.39, 0.29) is 5.91 Å². The molecule has 104 valence electrons. The highest BCUT2D eigenvalue weighted by Gasteiger charge is 2.27. The van der Waals surface area contributed by atoms with Crippen LogP contribution in [0.2, 0.25) is 0 Å². The summed E-state index contributed by atoms with van der Waals surface area (Å²) in [5.41, 5.74) is 6.68. The van der Waals surface area contributed by atoms with Crippen molar-refractivity contribution >= 4 is 21.6 Å². The molecule has 0 bridgehead atoms. The van der Waals surface area contributed by atoms with Gasteiger partial charge in [0.25, 0.3) is 5.91 Å². The van der Waals surface area contributed by atoms with E-state index in [0.29, 0.717) is 37.4 Å². The molecule has 1 aromatic rings. The lowest BCUT2D eigenvalue weighted by Crippen LogP contribution is -2.50. The van der Waals surface area contributed by atoms with Crippen LogP contribution in [0.1, 0.15) is 10.4 Å². The minimum Gasteiger partial charge on any atom is -0.398 e. The van der Waals surface area contributed by atoms with Crippen molar-refractivity contribution in [3.05, 3.63) is 29.8 Å². The highest BCUT2D eigenvalue weighted by Crippen LogP contribution is 2.15. The average molecular weight is 283 g/mol. The fraction of sp³-hybridized carbons (Fsp3) is 0.417. The quantitative estimate of drug-likeness (QED) is 0.774. The number of sulfonamides is 1. The molecule has 2 rings (SSSR count). The van der Waals surface area contributed by atoms with E-state index in [0.717, 1.165) is 0 Å². The van der Waals surface area contributed by atoms with E-state index in [4.69, 9.17) is 5.73 Å². The standard InChI is InChI=1S/C12H17N3O3S/c1-19(17,18)15-8-6-14(7-9-15)12(16)10-4-2-3-5-11(10)13/h2-5H,6-9,13H2,1H3. The number of hydrogen-bond donors (Lipinski definition) is 1. The minimum absolute atomic E-state index is 0.147. The van der Waals surface area contributed by atoms with Crippen LogP contribution in [-0.4, -0.2) is 56.0 Å². The molecule has 1 saturated heterocycles. The molecular weight excluding hydrogens is 266 g/mol. The maximum atomic E-state index is 12.3. The maximum absolute atomic E-state index is 12.3. The van der Waals surface area contributed by atoms with E-state index in [9.17, 15) is 13.2 Å². The van der Waals surface area contributed by atoms with Crippen molar-refractivity contribution in [3.8, 4) is 0 Å². The predicted molar refractivity (Wildman–Crippen MR) is 73.2 cm³/mol. The van der Waals surface area contributed by atoms with Crippen LogP contribution >= 0.6 is 0 Å². The van der Waals surface area contributed by atoms with Crippen molar-refractivity contribution in [2.24, 2.45) is 0 Å². The summed E-state index contributed by atoms with van der Waals surface area (Å²) in [6, 6.07) is 6.89. The summed E-state index contributed by atoms with van der Waals surface area (Å²) in [4.78, 5) is 13.9. The Labute approximate surface area is 112 Å². The molecule has 1 heterocycles. The Balaban J connectivity index is 2.07. The fourth-order valence-corrected chi connectivity index (χ4v) is 2.91. The van der Waals surface area contributed by atoms with Gasteiger partial charge in [0.05, 0.1) is 11.8 Å². The van der Waals surface area contributed by atoms with Gasteiger partial charge in [-0.15, -0.1) is 0 Å². The SMILES string of the molecule is CS(=O)(=O)N1CCN(C(=O)c2ccccc2N)CC1. The topological polar surface area (TPSA) is 83.7 Å². The first-order valence-corrected chi connectivity index (χ1v) is 7.83. The Kier molecular flexibility index (Phi) is 3.77. The third-order valence-electron chi connectivity index (χ3n) is 3.19. The number of benzene rings is 1. The summed E-state index contributed by atoms with van der Waals surface area (Å²) in [5.74, 6) is -0.147. The van der Waals surface area contributed by atoms with Crippen LogP contribution in [0.5, 0.6) is 0 Å². The molecule has 1 fully saturated rings. The van der Waals surface area contributed by atoms with Gasteiger partial charge in [0.15, 0.2) is 0 Å². The molecular formula is C12H17N3O3S. The van der Waals surface area contributed by atoms with Crippen LogP contribution in [0.4, 0.5) is 5.69 Å². The number of nitrogens with zero attached hydrogens (tertiary/aromatic N) is 2. The number of piperazine rings is 1. The summed E-state index contributed by atoms with van der Waals surface area (Å²) in [6.07, 6.45) is 1.18. The number of anilines is 1. The number of para-hydroxylation sites is 1. The number of amides is 1. The monoisotopic (exact) mass is 283 g/mol. The maximum Gasteiger partial charge on any atom is 0.256 e. The van der Waals surface area contributed by atoms with E-state index >= 15 is 0 Å². The van der Waals surface area contributed by atoms with E-state index in [2.05, 4.69) is 0 Å². The molecule has 0 unspecified atom stereocenters. The molecule has 1 aliphatic heterocycles. The first-order chi connectivity index (χ1) is 8.89. The van der Waals surface area contributed by atoms with Crippen molar-refractivity contribution in [2.45, 2.75) is 0 Å². The van der Waals surface area contributed by atoms with Gasteiger partial charge in [0.1, 0.15) is 0 Å². The first kappa shape index (κ1) is 13.8. The van der Waals surface area contributed by atoms with Crippen molar-refractivity contribution in [2.75, 3.05) is 38.2 Å². The second-order valence-electron chi connectivity index (χ2n) is 4.54. The van der Waals surface area contributed by atoms with Crippen LogP contribution in [0.3, 0.4) is 0 Å². The Bertz CT molecular complexity index is 578.